The lowest BCUT2D eigenvalue weighted by Crippen LogP contribution is -2.44. The van der Waals surface area contributed by atoms with Crippen LogP contribution in [-0.2, 0) is 6.54 Å². The minimum Gasteiger partial charge on any atom is -0.496 e. The molecule has 4 aromatic rings. The van der Waals surface area contributed by atoms with E-state index in [1.165, 1.54) is 29.7 Å². The van der Waals surface area contributed by atoms with Crippen molar-refractivity contribution in [3.63, 3.8) is 0 Å². The molecule has 5 nitrogen and oxygen atoms in total. The molecule has 5 rings (SSSR count). The molecule has 2 aromatic heterocycles. The van der Waals surface area contributed by atoms with Crippen LogP contribution in [0.5, 0.6) is 5.75 Å². The number of pyridine rings is 1. The van der Waals surface area contributed by atoms with Crippen LogP contribution in [0.4, 0.5) is 8.78 Å². The monoisotopic (exact) mass is 555 g/mol. The SMILES string of the molecule is CN[C@H]1CC[C@@H](N(Cc2cc(-c3ccc(F)nc3)ccc2OC)C(=O)c2sc3cccc(F)c3c2Cl)CC1. The van der Waals surface area contributed by atoms with E-state index in [4.69, 9.17) is 16.3 Å². The number of hydrogen-bond acceptors (Lipinski definition) is 5. The van der Waals surface area contributed by atoms with E-state index in [0.29, 0.717) is 21.4 Å². The number of fused-ring (bicyclic) bond motifs is 1. The zero-order valence-electron chi connectivity index (χ0n) is 21.1. The van der Waals surface area contributed by atoms with E-state index in [-0.39, 0.29) is 28.9 Å². The molecule has 0 atom stereocenters. The highest BCUT2D eigenvalue weighted by atomic mass is 35.5. The molecule has 1 N–H and O–H groups in total. The molecule has 1 amide bonds. The largest absolute Gasteiger partial charge is 0.496 e. The van der Waals surface area contributed by atoms with Gasteiger partial charge in [-0.3, -0.25) is 4.79 Å². The molecule has 0 saturated heterocycles. The second-order valence-electron chi connectivity index (χ2n) is 9.48. The maximum Gasteiger partial charge on any atom is 0.266 e. The van der Waals surface area contributed by atoms with E-state index >= 15 is 0 Å². The lowest BCUT2D eigenvalue weighted by Gasteiger charge is -2.37. The number of nitrogens with zero attached hydrogens (tertiary/aromatic N) is 2. The fourth-order valence-corrected chi connectivity index (χ4v) is 6.70. The molecular weight excluding hydrogens is 528 g/mol. The van der Waals surface area contributed by atoms with Crippen molar-refractivity contribution in [2.75, 3.05) is 14.2 Å². The molecule has 2 heterocycles. The van der Waals surface area contributed by atoms with Gasteiger partial charge >= 0.3 is 0 Å². The van der Waals surface area contributed by atoms with Gasteiger partial charge in [-0.1, -0.05) is 23.7 Å². The molecule has 0 bridgehead atoms. The first-order valence-electron chi connectivity index (χ1n) is 12.5. The molecule has 1 fully saturated rings. The van der Waals surface area contributed by atoms with Gasteiger partial charge < -0.3 is 15.0 Å². The molecule has 0 radical (unpaired) electrons. The van der Waals surface area contributed by atoms with Crippen LogP contribution >= 0.6 is 22.9 Å². The predicted octanol–water partition coefficient (Wildman–Crippen LogP) is 7.08. The quantitative estimate of drug-likeness (QED) is 0.248. The number of halogens is 3. The van der Waals surface area contributed by atoms with E-state index in [1.807, 2.05) is 30.1 Å². The maximum absolute atomic E-state index is 14.6. The van der Waals surface area contributed by atoms with Crippen LogP contribution in [0.15, 0.2) is 54.7 Å². The summed E-state index contributed by atoms with van der Waals surface area (Å²) in [6.07, 6.45) is 5.03. The van der Waals surface area contributed by atoms with Gasteiger partial charge in [0.25, 0.3) is 5.91 Å². The summed E-state index contributed by atoms with van der Waals surface area (Å²) in [6.45, 7) is 0.284. The highest BCUT2D eigenvalue weighted by molar-refractivity contribution is 7.21. The van der Waals surface area contributed by atoms with Crippen LogP contribution < -0.4 is 10.1 Å². The standard InChI is InChI=1S/C29H28ClF2N3O2S/c1-33-20-8-10-21(11-9-20)35(29(36)28-27(30)26-22(31)4-3-5-24(26)38-28)16-19-14-17(6-12-23(19)37-2)18-7-13-25(32)34-15-18/h3-7,12-15,20-21,33H,8-11,16H2,1-2H3/t20-,21+. The molecule has 0 aliphatic heterocycles. The number of ether oxygens (including phenoxy) is 1. The van der Waals surface area contributed by atoms with Crippen molar-refractivity contribution >= 4 is 38.9 Å². The Morgan fingerprint density at radius 1 is 1.13 bits per heavy atom. The van der Waals surface area contributed by atoms with Crippen molar-refractivity contribution < 1.29 is 18.3 Å². The highest BCUT2D eigenvalue weighted by Crippen LogP contribution is 2.39. The normalized spacial score (nSPS) is 17.5. The van der Waals surface area contributed by atoms with Gasteiger partial charge in [0.2, 0.25) is 5.95 Å². The van der Waals surface area contributed by atoms with E-state index in [2.05, 4.69) is 10.3 Å². The number of thiophene rings is 1. The van der Waals surface area contributed by atoms with Crippen molar-refractivity contribution in [2.24, 2.45) is 0 Å². The van der Waals surface area contributed by atoms with Crippen LogP contribution in [0, 0.1) is 11.8 Å². The molecule has 1 aliphatic carbocycles. The van der Waals surface area contributed by atoms with Gasteiger partial charge in [0.1, 0.15) is 16.4 Å². The van der Waals surface area contributed by atoms with Gasteiger partial charge in [-0.2, -0.15) is 4.39 Å². The fourth-order valence-electron chi connectivity index (χ4n) is 5.19. The van der Waals surface area contributed by atoms with E-state index in [9.17, 15) is 13.6 Å². The van der Waals surface area contributed by atoms with Crippen LogP contribution in [0.1, 0.15) is 40.9 Å². The molecule has 0 unspecified atom stereocenters. The van der Waals surface area contributed by atoms with Crippen LogP contribution in [0.2, 0.25) is 5.02 Å². The molecule has 198 valence electrons. The average Bonchev–Trinajstić information content (AvgIpc) is 3.29. The zero-order valence-corrected chi connectivity index (χ0v) is 22.7. The summed E-state index contributed by atoms with van der Waals surface area (Å²) in [4.78, 5) is 20.1. The van der Waals surface area contributed by atoms with Crippen LogP contribution in [-0.4, -0.2) is 42.0 Å². The van der Waals surface area contributed by atoms with Gasteiger partial charge in [0, 0.05) is 46.0 Å². The Labute approximate surface area is 229 Å². The summed E-state index contributed by atoms with van der Waals surface area (Å²) in [5, 5.41) is 3.77. The van der Waals surface area contributed by atoms with Gasteiger partial charge in [-0.15, -0.1) is 11.3 Å². The van der Waals surface area contributed by atoms with Crippen molar-refractivity contribution in [1.82, 2.24) is 15.2 Å². The lowest BCUT2D eigenvalue weighted by atomic mass is 9.89. The third-order valence-corrected chi connectivity index (χ3v) is 8.92. The fraction of sp³-hybridized carbons (Fsp3) is 0.310. The Kier molecular flexibility index (Phi) is 7.93. The van der Waals surface area contributed by atoms with Gasteiger partial charge in [-0.05, 0) is 74.7 Å². The summed E-state index contributed by atoms with van der Waals surface area (Å²) < 4.78 is 34.3. The molecule has 2 aromatic carbocycles. The van der Waals surface area contributed by atoms with E-state index in [0.717, 1.165) is 42.4 Å². The number of aromatic nitrogens is 1. The Hall–Kier alpha value is -3.07. The number of carbonyl (C=O) groups excluding carboxylic acids is 1. The second kappa shape index (κ2) is 11.4. The maximum atomic E-state index is 14.6. The van der Waals surface area contributed by atoms with E-state index < -0.39 is 11.8 Å². The first-order valence-corrected chi connectivity index (χ1v) is 13.7. The minimum absolute atomic E-state index is 0.0147. The number of carbonyl (C=O) groups is 1. The first-order chi connectivity index (χ1) is 18.4. The predicted molar refractivity (Wildman–Crippen MR) is 148 cm³/mol. The van der Waals surface area contributed by atoms with Gasteiger partial charge in [0.15, 0.2) is 0 Å². The van der Waals surface area contributed by atoms with Gasteiger partial charge in [-0.25, -0.2) is 9.37 Å². The lowest BCUT2D eigenvalue weighted by molar-refractivity contribution is 0.0604. The molecule has 0 spiro atoms. The number of amides is 1. The highest BCUT2D eigenvalue weighted by Gasteiger charge is 2.32. The first kappa shape index (κ1) is 26.5. The van der Waals surface area contributed by atoms with Crippen molar-refractivity contribution in [1.29, 1.82) is 0 Å². The topological polar surface area (TPSA) is 54.5 Å². The third kappa shape index (κ3) is 5.25. The number of nitrogens with one attached hydrogen (secondary N) is 1. The molecule has 38 heavy (non-hydrogen) atoms. The summed E-state index contributed by atoms with van der Waals surface area (Å²) in [5.41, 5.74) is 2.40. The zero-order chi connectivity index (χ0) is 26.8. The third-order valence-electron chi connectivity index (χ3n) is 7.29. The summed E-state index contributed by atoms with van der Waals surface area (Å²) in [7, 11) is 3.55. The number of benzene rings is 2. The second-order valence-corrected chi connectivity index (χ2v) is 10.9. The Morgan fingerprint density at radius 3 is 2.55 bits per heavy atom. The Morgan fingerprint density at radius 2 is 1.89 bits per heavy atom. The molecular formula is C29H28ClF2N3O2S. The summed E-state index contributed by atoms with van der Waals surface area (Å²) in [6, 6.07) is 13.8. The van der Waals surface area contributed by atoms with Gasteiger partial charge in [0.05, 0.1) is 12.1 Å². The van der Waals surface area contributed by atoms with Crippen molar-refractivity contribution in [3.05, 3.63) is 82.0 Å². The van der Waals surface area contributed by atoms with Crippen molar-refractivity contribution in [2.45, 2.75) is 44.3 Å². The molecule has 1 saturated carbocycles. The number of rotatable bonds is 7. The molecule has 1 aliphatic rings. The summed E-state index contributed by atoms with van der Waals surface area (Å²) >= 11 is 7.83. The Balaban J connectivity index is 1.54. The molecule has 9 heteroatoms. The number of methoxy groups -OCH3 is 1. The van der Waals surface area contributed by atoms with Crippen LogP contribution in [0.3, 0.4) is 0 Å². The smallest absolute Gasteiger partial charge is 0.266 e. The average molecular weight is 556 g/mol. The number of hydrogen-bond donors (Lipinski definition) is 1. The van der Waals surface area contributed by atoms with E-state index in [1.54, 1.807) is 25.3 Å². The summed E-state index contributed by atoms with van der Waals surface area (Å²) in [5.74, 6) is -0.572. The van der Waals surface area contributed by atoms with Crippen LogP contribution in [0.25, 0.3) is 21.2 Å². The van der Waals surface area contributed by atoms with Crippen molar-refractivity contribution in [3.8, 4) is 16.9 Å². The Bertz CT molecular complexity index is 1450. The minimum atomic E-state index is -0.548.